The van der Waals surface area contributed by atoms with Crippen molar-refractivity contribution in [1.29, 1.82) is 0 Å². The number of rotatable bonds is 3. The van der Waals surface area contributed by atoms with E-state index in [1.54, 1.807) is 20.0 Å². The second-order valence-corrected chi connectivity index (χ2v) is 5.89. The average Bonchev–Trinajstić information content (AvgIpc) is 2.49. The lowest BCUT2D eigenvalue weighted by atomic mass is 9.81. The Balaban J connectivity index is 3.00. The Hall–Kier alpha value is -1.32. The van der Waals surface area contributed by atoms with Crippen LogP contribution in [0.25, 0.3) is 0 Å². The number of aromatic amines is 1. The van der Waals surface area contributed by atoms with E-state index in [1.165, 1.54) is 0 Å². The molecule has 0 aromatic carbocycles. The summed E-state index contributed by atoms with van der Waals surface area (Å²) >= 11 is 0. The number of aliphatic carboxylic acids is 1. The maximum atomic E-state index is 11.1. The maximum Gasteiger partial charge on any atom is 0.309 e. The van der Waals surface area contributed by atoms with Crippen molar-refractivity contribution in [2.45, 2.75) is 46.5 Å². The van der Waals surface area contributed by atoms with Gasteiger partial charge in [-0.1, -0.05) is 20.8 Å². The molecule has 0 bridgehead atoms. The van der Waals surface area contributed by atoms with Crippen LogP contribution >= 0.6 is 0 Å². The van der Waals surface area contributed by atoms with Crippen molar-refractivity contribution < 1.29 is 9.90 Å². The molecule has 4 heteroatoms. The predicted octanol–water partition coefficient (Wildman–Crippen LogP) is 2.36. The van der Waals surface area contributed by atoms with Crippen LogP contribution in [0.1, 0.15) is 45.9 Å². The van der Waals surface area contributed by atoms with Crippen molar-refractivity contribution in [3.63, 3.8) is 0 Å². The number of hydrogen-bond donors (Lipinski definition) is 2. The van der Waals surface area contributed by atoms with E-state index in [9.17, 15) is 4.79 Å². The van der Waals surface area contributed by atoms with E-state index in [2.05, 4.69) is 31.0 Å². The highest BCUT2D eigenvalue weighted by molar-refractivity contribution is 5.74. The van der Waals surface area contributed by atoms with Crippen molar-refractivity contribution in [3.8, 4) is 0 Å². The lowest BCUT2D eigenvalue weighted by Crippen LogP contribution is -2.27. The minimum absolute atomic E-state index is 0.0413. The van der Waals surface area contributed by atoms with Crippen molar-refractivity contribution >= 4 is 5.97 Å². The third kappa shape index (κ3) is 2.62. The first-order valence-corrected chi connectivity index (χ1v) is 5.41. The van der Waals surface area contributed by atoms with Crippen LogP contribution in [0, 0.1) is 5.41 Å². The summed E-state index contributed by atoms with van der Waals surface area (Å²) in [5, 5.41) is 16.1. The highest BCUT2D eigenvalue weighted by Gasteiger charge is 2.30. The molecule has 1 heterocycles. The first kappa shape index (κ1) is 12.7. The quantitative estimate of drug-likeness (QED) is 0.828. The monoisotopic (exact) mass is 224 g/mol. The van der Waals surface area contributed by atoms with Gasteiger partial charge in [-0.05, 0) is 25.8 Å². The Morgan fingerprint density at radius 1 is 1.38 bits per heavy atom. The number of carbonyl (C=O) groups is 1. The van der Waals surface area contributed by atoms with Gasteiger partial charge < -0.3 is 5.11 Å². The van der Waals surface area contributed by atoms with Crippen LogP contribution in [0.5, 0.6) is 0 Å². The molecular formula is C12H20N2O2. The Bertz CT molecular complexity index is 386. The molecular weight excluding hydrogens is 204 g/mol. The number of nitrogens with one attached hydrogen (secondary N) is 1. The van der Waals surface area contributed by atoms with Crippen LogP contribution in [0.3, 0.4) is 0 Å². The molecule has 90 valence electrons. The molecule has 0 aliphatic carbocycles. The summed E-state index contributed by atoms with van der Waals surface area (Å²) in [5.74, 6) is -0.784. The standard InChI is InChI=1S/C12H20N2O2/c1-11(2,3)9-8(7-13-14-9)6-12(4,5)10(15)16/h7H,6H2,1-5H3,(H,13,14)(H,15,16). The van der Waals surface area contributed by atoms with Crippen LogP contribution in [0.4, 0.5) is 0 Å². The highest BCUT2D eigenvalue weighted by atomic mass is 16.4. The SMILES string of the molecule is CC(C)(Cc1cn[nH]c1C(C)(C)C)C(=O)O. The molecule has 0 aliphatic rings. The fourth-order valence-corrected chi connectivity index (χ4v) is 1.65. The Morgan fingerprint density at radius 2 is 1.94 bits per heavy atom. The van der Waals surface area contributed by atoms with Crippen molar-refractivity contribution in [2.24, 2.45) is 5.41 Å². The number of carboxylic acid groups (broad SMARTS) is 1. The Morgan fingerprint density at radius 3 is 2.38 bits per heavy atom. The number of carboxylic acids is 1. The number of aromatic nitrogens is 2. The summed E-state index contributed by atoms with van der Waals surface area (Å²) in [4.78, 5) is 11.1. The summed E-state index contributed by atoms with van der Waals surface area (Å²) in [5.41, 5.74) is 1.20. The van der Waals surface area contributed by atoms with Gasteiger partial charge in [0.25, 0.3) is 0 Å². The van der Waals surface area contributed by atoms with Gasteiger partial charge in [0.1, 0.15) is 0 Å². The fraction of sp³-hybridized carbons (Fsp3) is 0.667. The maximum absolute atomic E-state index is 11.1. The summed E-state index contributed by atoms with van der Waals surface area (Å²) < 4.78 is 0. The molecule has 0 saturated heterocycles. The second-order valence-electron chi connectivity index (χ2n) is 5.89. The summed E-state index contributed by atoms with van der Waals surface area (Å²) in [6, 6.07) is 0. The van der Waals surface area contributed by atoms with E-state index < -0.39 is 11.4 Å². The van der Waals surface area contributed by atoms with Gasteiger partial charge in [-0.15, -0.1) is 0 Å². The summed E-state index contributed by atoms with van der Waals surface area (Å²) in [6.45, 7) is 9.71. The van der Waals surface area contributed by atoms with E-state index in [0.29, 0.717) is 6.42 Å². The van der Waals surface area contributed by atoms with Crippen molar-refractivity contribution in [1.82, 2.24) is 10.2 Å². The molecule has 1 rings (SSSR count). The molecule has 1 aromatic rings. The number of H-pyrrole nitrogens is 1. The third-order valence-corrected chi connectivity index (χ3v) is 2.68. The molecule has 1 aromatic heterocycles. The van der Waals surface area contributed by atoms with E-state index in [1.807, 2.05) is 0 Å². The molecule has 0 spiro atoms. The Labute approximate surface area is 96.1 Å². The second kappa shape index (κ2) is 3.92. The number of hydrogen-bond acceptors (Lipinski definition) is 2. The smallest absolute Gasteiger partial charge is 0.309 e. The van der Waals surface area contributed by atoms with Crippen LogP contribution in [0.15, 0.2) is 6.20 Å². The molecule has 0 amide bonds. The van der Waals surface area contributed by atoms with E-state index in [0.717, 1.165) is 11.3 Å². The lowest BCUT2D eigenvalue weighted by Gasteiger charge is -2.23. The molecule has 0 atom stereocenters. The first-order chi connectivity index (χ1) is 7.14. The van der Waals surface area contributed by atoms with E-state index >= 15 is 0 Å². The van der Waals surface area contributed by atoms with Gasteiger partial charge in [-0.3, -0.25) is 9.89 Å². The predicted molar refractivity (Wildman–Crippen MR) is 62.4 cm³/mol. The molecule has 0 saturated carbocycles. The molecule has 0 aliphatic heterocycles. The summed E-state index contributed by atoms with van der Waals surface area (Å²) in [6.07, 6.45) is 2.22. The molecule has 0 unspecified atom stereocenters. The molecule has 4 nitrogen and oxygen atoms in total. The van der Waals surface area contributed by atoms with E-state index in [4.69, 9.17) is 5.11 Å². The van der Waals surface area contributed by atoms with Gasteiger partial charge in [-0.2, -0.15) is 5.10 Å². The van der Waals surface area contributed by atoms with Gasteiger partial charge in [0, 0.05) is 11.1 Å². The number of nitrogens with zero attached hydrogens (tertiary/aromatic N) is 1. The zero-order valence-corrected chi connectivity index (χ0v) is 10.6. The fourth-order valence-electron chi connectivity index (χ4n) is 1.65. The van der Waals surface area contributed by atoms with Gasteiger partial charge in [0.2, 0.25) is 0 Å². The van der Waals surface area contributed by atoms with Gasteiger partial charge in [-0.25, -0.2) is 0 Å². The van der Waals surface area contributed by atoms with Crippen LogP contribution in [0.2, 0.25) is 0 Å². The van der Waals surface area contributed by atoms with Crippen LogP contribution < -0.4 is 0 Å². The van der Waals surface area contributed by atoms with Crippen molar-refractivity contribution in [2.75, 3.05) is 0 Å². The zero-order chi connectivity index (χ0) is 12.6. The van der Waals surface area contributed by atoms with Gasteiger partial charge in [0.05, 0.1) is 11.6 Å². The average molecular weight is 224 g/mol. The molecule has 2 N–H and O–H groups in total. The van der Waals surface area contributed by atoms with Gasteiger partial charge in [0.15, 0.2) is 0 Å². The summed E-state index contributed by atoms with van der Waals surface area (Å²) in [7, 11) is 0. The third-order valence-electron chi connectivity index (χ3n) is 2.68. The van der Waals surface area contributed by atoms with Crippen molar-refractivity contribution in [3.05, 3.63) is 17.5 Å². The lowest BCUT2D eigenvalue weighted by molar-refractivity contribution is -0.146. The normalized spacial score (nSPS) is 12.8. The minimum atomic E-state index is -0.784. The first-order valence-electron chi connectivity index (χ1n) is 5.41. The topological polar surface area (TPSA) is 66.0 Å². The minimum Gasteiger partial charge on any atom is -0.481 e. The largest absolute Gasteiger partial charge is 0.481 e. The highest BCUT2D eigenvalue weighted by Crippen LogP contribution is 2.29. The molecule has 16 heavy (non-hydrogen) atoms. The molecule has 0 fully saturated rings. The van der Waals surface area contributed by atoms with Gasteiger partial charge >= 0.3 is 5.97 Å². The van der Waals surface area contributed by atoms with E-state index in [-0.39, 0.29) is 5.41 Å². The van der Waals surface area contributed by atoms with Crippen LogP contribution in [-0.4, -0.2) is 21.3 Å². The zero-order valence-electron chi connectivity index (χ0n) is 10.6. The molecule has 0 radical (unpaired) electrons. The Kier molecular flexibility index (Phi) is 3.13. The van der Waals surface area contributed by atoms with Crippen LogP contribution in [-0.2, 0) is 16.6 Å².